The zero-order chi connectivity index (χ0) is 13.6. The molecule has 1 heterocycles. The Bertz CT molecular complexity index is 594. The highest BCUT2D eigenvalue weighted by Gasteiger charge is 2.29. The first-order valence-electron chi connectivity index (χ1n) is 7.12. The smallest absolute Gasteiger partial charge is 0.200 e. The molecule has 2 aromatic rings. The molecule has 1 aromatic heterocycles. The van der Waals surface area contributed by atoms with Gasteiger partial charge in [0.25, 0.3) is 0 Å². The summed E-state index contributed by atoms with van der Waals surface area (Å²) in [5.74, 6) is 1.12. The van der Waals surface area contributed by atoms with Crippen LogP contribution in [-0.4, -0.2) is 11.0 Å². The van der Waals surface area contributed by atoms with Gasteiger partial charge in [0.1, 0.15) is 5.52 Å². The normalized spacial score (nSPS) is 24.2. The highest BCUT2D eigenvalue weighted by Crippen LogP contribution is 2.35. The molecule has 2 unspecified atom stereocenters. The summed E-state index contributed by atoms with van der Waals surface area (Å²) in [4.78, 5) is 4.67. The molecule has 19 heavy (non-hydrogen) atoms. The Balaban J connectivity index is 2.01. The molecule has 0 aliphatic heterocycles. The zero-order valence-electron chi connectivity index (χ0n) is 11.9. The van der Waals surface area contributed by atoms with E-state index in [2.05, 4.69) is 37.9 Å². The van der Waals surface area contributed by atoms with Crippen molar-refractivity contribution in [2.24, 2.45) is 5.73 Å². The summed E-state index contributed by atoms with van der Waals surface area (Å²) in [5.41, 5.74) is 9.39. The molecule has 0 saturated heterocycles. The maximum absolute atomic E-state index is 6.13. The SMILES string of the molecule is CC(C)(C)c1ccc2oc(C3CCCC3N)nc2c1. The first-order valence-corrected chi connectivity index (χ1v) is 7.12. The molecule has 0 amide bonds. The monoisotopic (exact) mass is 258 g/mol. The number of hydrogen-bond acceptors (Lipinski definition) is 3. The second-order valence-corrected chi connectivity index (χ2v) is 6.69. The van der Waals surface area contributed by atoms with Gasteiger partial charge in [0.15, 0.2) is 11.5 Å². The molecule has 1 fully saturated rings. The van der Waals surface area contributed by atoms with Crippen LogP contribution in [0.4, 0.5) is 0 Å². The number of rotatable bonds is 1. The maximum Gasteiger partial charge on any atom is 0.200 e. The highest BCUT2D eigenvalue weighted by molar-refractivity contribution is 5.74. The molecule has 2 atom stereocenters. The summed E-state index contributed by atoms with van der Waals surface area (Å²) in [6.45, 7) is 6.63. The minimum absolute atomic E-state index is 0.136. The lowest BCUT2D eigenvalue weighted by Crippen LogP contribution is -2.22. The number of hydrogen-bond donors (Lipinski definition) is 1. The van der Waals surface area contributed by atoms with E-state index in [4.69, 9.17) is 10.2 Å². The van der Waals surface area contributed by atoms with Crippen molar-refractivity contribution in [1.82, 2.24) is 4.98 Å². The number of benzene rings is 1. The molecule has 0 spiro atoms. The van der Waals surface area contributed by atoms with E-state index in [0.29, 0.717) is 5.92 Å². The van der Waals surface area contributed by atoms with Crippen molar-refractivity contribution in [2.75, 3.05) is 0 Å². The molecule has 2 N–H and O–H groups in total. The van der Waals surface area contributed by atoms with Crippen LogP contribution in [0.5, 0.6) is 0 Å². The zero-order valence-corrected chi connectivity index (χ0v) is 11.9. The molecule has 3 rings (SSSR count). The van der Waals surface area contributed by atoms with Gasteiger partial charge in [-0.3, -0.25) is 0 Å². The Kier molecular flexibility index (Phi) is 2.90. The lowest BCUT2D eigenvalue weighted by molar-refractivity contribution is 0.449. The fourth-order valence-electron chi connectivity index (χ4n) is 2.87. The van der Waals surface area contributed by atoms with E-state index in [0.717, 1.165) is 29.8 Å². The predicted octanol–water partition coefficient (Wildman–Crippen LogP) is 3.72. The van der Waals surface area contributed by atoms with Crippen LogP contribution in [0, 0.1) is 0 Å². The minimum Gasteiger partial charge on any atom is -0.440 e. The molecular weight excluding hydrogens is 236 g/mol. The summed E-state index contributed by atoms with van der Waals surface area (Å²) < 4.78 is 5.90. The highest BCUT2D eigenvalue weighted by atomic mass is 16.3. The number of nitrogens with two attached hydrogens (primary N) is 1. The van der Waals surface area contributed by atoms with Crippen molar-refractivity contribution in [3.8, 4) is 0 Å². The van der Waals surface area contributed by atoms with Crippen molar-refractivity contribution in [3.05, 3.63) is 29.7 Å². The standard InChI is InChI=1S/C16H22N2O/c1-16(2,3)10-7-8-14-13(9-10)18-15(19-14)11-5-4-6-12(11)17/h7-9,11-12H,4-6,17H2,1-3H3. The number of fused-ring (bicyclic) bond motifs is 1. The molecule has 0 radical (unpaired) electrons. The second-order valence-electron chi connectivity index (χ2n) is 6.69. The Morgan fingerprint density at radius 3 is 2.68 bits per heavy atom. The van der Waals surface area contributed by atoms with Crippen LogP contribution in [0.3, 0.4) is 0 Å². The van der Waals surface area contributed by atoms with E-state index < -0.39 is 0 Å². The van der Waals surface area contributed by atoms with Crippen LogP contribution in [-0.2, 0) is 5.41 Å². The Morgan fingerprint density at radius 1 is 1.26 bits per heavy atom. The fraction of sp³-hybridized carbons (Fsp3) is 0.562. The van der Waals surface area contributed by atoms with E-state index in [1.807, 2.05) is 6.07 Å². The molecule has 3 heteroatoms. The van der Waals surface area contributed by atoms with Gasteiger partial charge in [0.2, 0.25) is 0 Å². The lowest BCUT2D eigenvalue weighted by Gasteiger charge is -2.18. The van der Waals surface area contributed by atoms with Gasteiger partial charge >= 0.3 is 0 Å². The maximum atomic E-state index is 6.13. The summed E-state index contributed by atoms with van der Waals surface area (Å²) in [6.07, 6.45) is 3.36. The van der Waals surface area contributed by atoms with Crippen molar-refractivity contribution in [2.45, 2.75) is 57.4 Å². The first kappa shape index (κ1) is 12.7. The van der Waals surface area contributed by atoms with Crippen molar-refractivity contribution < 1.29 is 4.42 Å². The van der Waals surface area contributed by atoms with Gasteiger partial charge < -0.3 is 10.2 Å². The van der Waals surface area contributed by atoms with Crippen LogP contribution >= 0.6 is 0 Å². The topological polar surface area (TPSA) is 52.0 Å². The van der Waals surface area contributed by atoms with Crippen LogP contribution in [0.1, 0.15) is 57.4 Å². The molecule has 0 bridgehead atoms. The summed E-state index contributed by atoms with van der Waals surface area (Å²) in [5, 5.41) is 0. The third-order valence-corrected chi connectivity index (χ3v) is 4.16. The molecular formula is C16H22N2O. The summed E-state index contributed by atoms with van der Waals surface area (Å²) in [7, 11) is 0. The van der Waals surface area contributed by atoms with E-state index in [1.165, 1.54) is 12.0 Å². The summed E-state index contributed by atoms with van der Waals surface area (Å²) in [6, 6.07) is 6.51. The predicted molar refractivity (Wildman–Crippen MR) is 77.3 cm³/mol. The molecule has 1 aliphatic carbocycles. The first-order chi connectivity index (χ1) is 8.95. The lowest BCUT2D eigenvalue weighted by atomic mass is 9.87. The second kappa shape index (κ2) is 4.34. The van der Waals surface area contributed by atoms with Crippen LogP contribution in [0.15, 0.2) is 22.6 Å². The largest absolute Gasteiger partial charge is 0.440 e. The van der Waals surface area contributed by atoms with Crippen LogP contribution in [0.25, 0.3) is 11.1 Å². The molecule has 1 aromatic carbocycles. The van der Waals surface area contributed by atoms with Crippen LogP contribution in [0.2, 0.25) is 0 Å². The van der Waals surface area contributed by atoms with Gasteiger partial charge in [-0.1, -0.05) is 33.3 Å². The van der Waals surface area contributed by atoms with Crippen molar-refractivity contribution in [1.29, 1.82) is 0 Å². The third kappa shape index (κ3) is 2.27. The van der Waals surface area contributed by atoms with E-state index in [1.54, 1.807) is 0 Å². The van der Waals surface area contributed by atoms with Gasteiger partial charge in [-0.15, -0.1) is 0 Å². The van der Waals surface area contributed by atoms with Crippen molar-refractivity contribution >= 4 is 11.1 Å². The van der Waals surface area contributed by atoms with E-state index >= 15 is 0 Å². The third-order valence-electron chi connectivity index (χ3n) is 4.16. The fourth-order valence-corrected chi connectivity index (χ4v) is 2.87. The van der Waals surface area contributed by atoms with Gasteiger partial charge in [0.05, 0.1) is 5.92 Å². The quantitative estimate of drug-likeness (QED) is 0.848. The molecule has 1 aliphatic rings. The van der Waals surface area contributed by atoms with Gasteiger partial charge in [0, 0.05) is 6.04 Å². The summed E-state index contributed by atoms with van der Waals surface area (Å²) >= 11 is 0. The van der Waals surface area contributed by atoms with Gasteiger partial charge in [-0.05, 0) is 36.0 Å². The minimum atomic E-state index is 0.136. The molecule has 1 saturated carbocycles. The van der Waals surface area contributed by atoms with Gasteiger partial charge in [-0.2, -0.15) is 0 Å². The van der Waals surface area contributed by atoms with E-state index in [-0.39, 0.29) is 11.5 Å². The Morgan fingerprint density at radius 2 is 2.05 bits per heavy atom. The molecule has 102 valence electrons. The Hall–Kier alpha value is -1.35. The number of oxazole rings is 1. The Labute approximate surface area is 114 Å². The number of nitrogens with zero attached hydrogens (tertiary/aromatic N) is 1. The van der Waals surface area contributed by atoms with Crippen molar-refractivity contribution in [3.63, 3.8) is 0 Å². The number of aromatic nitrogens is 1. The van der Waals surface area contributed by atoms with Gasteiger partial charge in [-0.25, -0.2) is 4.98 Å². The van der Waals surface area contributed by atoms with Crippen LogP contribution < -0.4 is 5.73 Å². The average Bonchev–Trinajstić information content (AvgIpc) is 2.91. The average molecular weight is 258 g/mol. The molecule has 3 nitrogen and oxygen atoms in total. The van der Waals surface area contributed by atoms with E-state index in [9.17, 15) is 0 Å².